The zero-order chi connectivity index (χ0) is 13.9. The maximum atomic E-state index is 11.2. The Morgan fingerprint density at radius 2 is 1.89 bits per heavy atom. The molecule has 0 radical (unpaired) electrons. The third kappa shape index (κ3) is 4.19. The van der Waals surface area contributed by atoms with Gasteiger partial charge in [-0.1, -0.05) is 46.3 Å². The van der Waals surface area contributed by atoms with Crippen LogP contribution in [0.1, 0.15) is 5.56 Å². The Hall–Kier alpha value is -1.11. The van der Waals surface area contributed by atoms with E-state index in [4.69, 9.17) is 15.4 Å². The molecule has 19 heavy (non-hydrogen) atoms. The minimum absolute atomic E-state index is 0.192. The summed E-state index contributed by atoms with van der Waals surface area (Å²) >= 11 is 3.19. The lowest BCUT2D eigenvalue weighted by Crippen LogP contribution is -2.01. The summed E-state index contributed by atoms with van der Waals surface area (Å²) in [4.78, 5) is 3.85. The molecule has 0 spiro atoms. The van der Waals surface area contributed by atoms with E-state index in [1.54, 1.807) is 6.07 Å². The van der Waals surface area contributed by atoms with Gasteiger partial charge in [0.25, 0.3) is 9.05 Å². The second kappa shape index (κ2) is 5.90. The highest BCUT2D eigenvalue weighted by Gasteiger charge is 2.14. The third-order valence-corrected chi connectivity index (χ3v) is 3.86. The summed E-state index contributed by atoms with van der Waals surface area (Å²) in [6.07, 6.45) is 0. The second-order valence-corrected chi connectivity index (χ2v) is 7.10. The van der Waals surface area contributed by atoms with Crippen LogP contribution in [0.3, 0.4) is 0 Å². The first-order valence-corrected chi connectivity index (χ1v) is 8.34. The third-order valence-electron chi connectivity index (χ3n) is 2.22. The SMILES string of the molecule is O=S(=O)(Cl)c1cc(Br)cc(OCc2ccccc2)n1. The molecule has 0 bridgehead atoms. The van der Waals surface area contributed by atoms with Crippen molar-refractivity contribution in [3.05, 3.63) is 52.5 Å². The Morgan fingerprint density at radius 1 is 1.21 bits per heavy atom. The monoisotopic (exact) mass is 361 g/mol. The molecular formula is C12H9BrClNO3S. The average Bonchev–Trinajstić information content (AvgIpc) is 2.36. The summed E-state index contributed by atoms with van der Waals surface area (Å²) in [6.45, 7) is 0.298. The molecule has 1 aromatic carbocycles. The molecule has 4 nitrogen and oxygen atoms in total. The first kappa shape index (κ1) is 14.3. The number of aromatic nitrogens is 1. The van der Waals surface area contributed by atoms with E-state index >= 15 is 0 Å². The molecule has 0 amide bonds. The molecule has 2 aromatic rings. The molecule has 0 saturated heterocycles. The van der Waals surface area contributed by atoms with Gasteiger partial charge in [-0.3, -0.25) is 0 Å². The lowest BCUT2D eigenvalue weighted by Gasteiger charge is -2.07. The highest BCUT2D eigenvalue weighted by atomic mass is 79.9. The van der Waals surface area contributed by atoms with Crippen molar-refractivity contribution in [3.8, 4) is 5.88 Å². The van der Waals surface area contributed by atoms with Crippen LogP contribution in [0.4, 0.5) is 0 Å². The van der Waals surface area contributed by atoms with E-state index < -0.39 is 9.05 Å². The zero-order valence-corrected chi connectivity index (χ0v) is 12.7. The molecule has 0 N–H and O–H groups in total. The van der Waals surface area contributed by atoms with Gasteiger partial charge in [-0.05, 0) is 11.6 Å². The van der Waals surface area contributed by atoms with Crippen LogP contribution < -0.4 is 4.74 Å². The summed E-state index contributed by atoms with van der Waals surface area (Å²) < 4.78 is 28.5. The summed E-state index contributed by atoms with van der Waals surface area (Å²) in [7, 11) is 1.37. The van der Waals surface area contributed by atoms with E-state index in [2.05, 4.69) is 20.9 Å². The predicted molar refractivity (Wildman–Crippen MR) is 75.7 cm³/mol. The normalized spacial score (nSPS) is 11.3. The number of hydrogen-bond acceptors (Lipinski definition) is 4. The molecule has 0 fully saturated rings. The van der Waals surface area contributed by atoms with Crippen LogP contribution in [0, 0.1) is 0 Å². The quantitative estimate of drug-likeness (QED) is 0.783. The molecule has 1 aromatic heterocycles. The summed E-state index contributed by atoms with van der Waals surface area (Å²) in [5, 5.41) is -0.244. The van der Waals surface area contributed by atoms with E-state index in [0.29, 0.717) is 11.1 Å². The van der Waals surface area contributed by atoms with Crippen molar-refractivity contribution in [3.63, 3.8) is 0 Å². The smallest absolute Gasteiger partial charge is 0.278 e. The van der Waals surface area contributed by atoms with E-state index in [1.807, 2.05) is 30.3 Å². The van der Waals surface area contributed by atoms with Crippen LogP contribution in [-0.2, 0) is 15.7 Å². The van der Waals surface area contributed by atoms with Gasteiger partial charge in [-0.25, -0.2) is 13.4 Å². The largest absolute Gasteiger partial charge is 0.473 e. The van der Waals surface area contributed by atoms with Gasteiger partial charge in [0.2, 0.25) is 5.88 Å². The first-order chi connectivity index (χ1) is 8.95. The van der Waals surface area contributed by atoms with Crippen molar-refractivity contribution in [2.75, 3.05) is 0 Å². The summed E-state index contributed by atoms with van der Waals surface area (Å²) in [5.41, 5.74) is 0.958. The number of hydrogen-bond donors (Lipinski definition) is 0. The average molecular weight is 363 g/mol. The van der Waals surface area contributed by atoms with Crippen LogP contribution in [0.15, 0.2) is 52.0 Å². The molecule has 0 atom stereocenters. The van der Waals surface area contributed by atoms with Gasteiger partial charge in [0, 0.05) is 21.2 Å². The first-order valence-electron chi connectivity index (χ1n) is 5.24. The fraction of sp³-hybridized carbons (Fsp3) is 0.0833. The van der Waals surface area contributed by atoms with E-state index in [0.717, 1.165) is 5.56 Å². The van der Waals surface area contributed by atoms with Crippen molar-refractivity contribution in [1.82, 2.24) is 4.98 Å². The molecule has 7 heteroatoms. The van der Waals surface area contributed by atoms with Gasteiger partial charge in [0.1, 0.15) is 6.61 Å². The number of ether oxygens (including phenoxy) is 1. The molecule has 1 heterocycles. The molecule has 0 aliphatic rings. The molecule has 2 rings (SSSR count). The van der Waals surface area contributed by atoms with E-state index in [1.165, 1.54) is 6.07 Å². The highest BCUT2D eigenvalue weighted by Crippen LogP contribution is 2.23. The van der Waals surface area contributed by atoms with Crippen molar-refractivity contribution in [2.24, 2.45) is 0 Å². The van der Waals surface area contributed by atoms with Crippen LogP contribution in [0.2, 0.25) is 0 Å². The van der Waals surface area contributed by atoms with Crippen LogP contribution in [0.25, 0.3) is 0 Å². The van der Waals surface area contributed by atoms with Crippen LogP contribution >= 0.6 is 26.6 Å². The Balaban J connectivity index is 2.19. The maximum absolute atomic E-state index is 11.2. The number of nitrogens with zero attached hydrogens (tertiary/aromatic N) is 1. The van der Waals surface area contributed by atoms with Gasteiger partial charge >= 0.3 is 0 Å². The Bertz CT molecular complexity index is 677. The van der Waals surface area contributed by atoms with Gasteiger partial charge < -0.3 is 4.74 Å². The fourth-order valence-electron chi connectivity index (χ4n) is 1.38. The Labute approximate surface area is 123 Å². The molecule has 0 unspecified atom stereocenters. The zero-order valence-electron chi connectivity index (χ0n) is 9.58. The standard InChI is InChI=1S/C12H9BrClNO3S/c13-10-6-11(15-12(7-10)19(14,16)17)18-8-9-4-2-1-3-5-9/h1-7H,8H2. The Kier molecular flexibility index (Phi) is 4.44. The molecule has 0 aliphatic carbocycles. The summed E-state index contributed by atoms with van der Waals surface area (Å²) in [6, 6.07) is 12.4. The fourth-order valence-corrected chi connectivity index (χ4v) is 2.65. The van der Waals surface area contributed by atoms with Crippen molar-refractivity contribution < 1.29 is 13.2 Å². The number of rotatable bonds is 4. The summed E-state index contributed by atoms with van der Waals surface area (Å²) in [5.74, 6) is 0.192. The molecular weight excluding hydrogens is 354 g/mol. The number of pyridine rings is 1. The van der Waals surface area contributed by atoms with E-state index in [9.17, 15) is 8.42 Å². The van der Waals surface area contributed by atoms with E-state index in [-0.39, 0.29) is 10.9 Å². The van der Waals surface area contributed by atoms with Gasteiger partial charge in [0.15, 0.2) is 5.03 Å². The van der Waals surface area contributed by atoms with Gasteiger partial charge in [0.05, 0.1) is 0 Å². The van der Waals surface area contributed by atoms with Crippen molar-refractivity contribution in [1.29, 1.82) is 0 Å². The van der Waals surface area contributed by atoms with Gasteiger partial charge in [-0.15, -0.1) is 0 Å². The highest BCUT2D eigenvalue weighted by molar-refractivity contribution is 9.10. The lowest BCUT2D eigenvalue weighted by atomic mass is 10.2. The topological polar surface area (TPSA) is 56.3 Å². The van der Waals surface area contributed by atoms with Crippen molar-refractivity contribution >= 4 is 35.7 Å². The van der Waals surface area contributed by atoms with Crippen LogP contribution in [0.5, 0.6) is 5.88 Å². The number of benzene rings is 1. The Morgan fingerprint density at radius 3 is 2.53 bits per heavy atom. The molecule has 0 aliphatic heterocycles. The minimum atomic E-state index is -3.88. The molecule has 100 valence electrons. The predicted octanol–water partition coefficient (Wildman–Crippen LogP) is 3.35. The number of halogens is 2. The van der Waals surface area contributed by atoms with Crippen molar-refractivity contribution in [2.45, 2.75) is 11.6 Å². The minimum Gasteiger partial charge on any atom is -0.473 e. The lowest BCUT2D eigenvalue weighted by molar-refractivity contribution is 0.291. The molecule has 0 saturated carbocycles. The second-order valence-electron chi connectivity index (χ2n) is 3.67. The van der Waals surface area contributed by atoms with Gasteiger partial charge in [-0.2, -0.15) is 0 Å². The van der Waals surface area contributed by atoms with Crippen LogP contribution in [-0.4, -0.2) is 13.4 Å². The maximum Gasteiger partial charge on any atom is 0.278 e.